The second-order valence-electron chi connectivity index (χ2n) is 14.9. The van der Waals surface area contributed by atoms with E-state index in [2.05, 4.69) is 19.1 Å². The van der Waals surface area contributed by atoms with Crippen molar-refractivity contribution in [1.29, 1.82) is 0 Å². The van der Waals surface area contributed by atoms with E-state index in [-0.39, 0.29) is 0 Å². The quantitative estimate of drug-likeness (QED) is 0.0679. The maximum absolute atomic E-state index is 16.4. The van der Waals surface area contributed by atoms with Gasteiger partial charge >= 0.3 is 0 Å². The summed E-state index contributed by atoms with van der Waals surface area (Å²) in [4.78, 5) is 0. The Morgan fingerprint density at radius 3 is 1.82 bits per heavy atom. The number of rotatable bonds is 15. The van der Waals surface area contributed by atoms with Crippen molar-refractivity contribution in [2.24, 2.45) is 0 Å². The molecule has 1 aliphatic rings. The molecule has 4 aromatic rings. The van der Waals surface area contributed by atoms with Crippen molar-refractivity contribution in [3.63, 3.8) is 0 Å². The zero-order chi connectivity index (χ0) is 45.1. The highest BCUT2D eigenvalue weighted by Crippen LogP contribution is 2.62. The van der Waals surface area contributed by atoms with Crippen LogP contribution >= 0.6 is 21.4 Å². The number of hydrogen-bond acceptors (Lipinski definition) is 3. The Labute approximate surface area is 371 Å². The van der Waals surface area contributed by atoms with E-state index in [1.807, 2.05) is 206 Å². The van der Waals surface area contributed by atoms with Crippen molar-refractivity contribution >= 4 is 60.1 Å². The lowest BCUT2D eigenvalue weighted by Gasteiger charge is -2.26. The van der Waals surface area contributed by atoms with E-state index in [1.165, 1.54) is 0 Å². The maximum Gasteiger partial charge on any atom is 0.171 e. The highest BCUT2D eigenvalue weighted by atomic mass is 31.2. The molecule has 0 fully saturated rings. The fourth-order valence-electron chi connectivity index (χ4n) is 8.08. The van der Waals surface area contributed by atoms with E-state index in [4.69, 9.17) is 6.42 Å². The Hall–Kier alpha value is -5.73. The number of hydrogen-bond donors (Lipinski definition) is 0. The summed E-state index contributed by atoms with van der Waals surface area (Å²) in [5.74, 6) is 2.82. The Bertz CT molecular complexity index is 2840. The highest BCUT2D eigenvalue weighted by molar-refractivity contribution is 7.83. The van der Waals surface area contributed by atoms with Crippen LogP contribution in [0.3, 0.4) is 0 Å². The van der Waals surface area contributed by atoms with Crippen LogP contribution in [0.2, 0.25) is 0 Å². The number of allylic oxidation sites excluding steroid dienone is 18. The topological polar surface area (TPSA) is 51.2 Å². The van der Waals surface area contributed by atoms with Crippen LogP contribution in [0.15, 0.2) is 209 Å². The molecule has 0 saturated carbocycles. The van der Waals surface area contributed by atoms with Gasteiger partial charge in [0.05, 0.1) is 0 Å². The standard InChI is InChI=1S/C56H57O3P3/c1-11-26-46(14-4)60(57,56-35-25-29-43(9)52(56)27-12-2)44(10)36-37-47(15-5)61(58,55-34-24-28-42(8)51(55)16-6)49-38-40-50(41-39-49)62(59,48-31-21-19-22-32-48)54(17-7)53-33-23-18-20-30-45(53)13-3/h3,11-12,14-17,19-41H,5-6,18H2,1-2,4,7-10H3/b26-11-,27-12-,44-36+,46-14+,47-37+,54-17+. The first-order valence-corrected chi connectivity index (χ1v) is 25.9. The average molecular weight is 871 g/mol. The third-order valence-electron chi connectivity index (χ3n) is 11.3. The van der Waals surface area contributed by atoms with Gasteiger partial charge < -0.3 is 13.7 Å². The molecule has 1 aliphatic carbocycles. The Morgan fingerprint density at radius 2 is 1.26 bits per heavy atom. The van der Waals surface area contributed by atoms with Crippen LogP contribution in [0, 0.1) is 26.2 Å². The summed E-state index contributed by atoms with van der Waals surface area (Å²) in [7, 11) is -10.7. The minimum Gasteiger partial charge on any atom is -0.309 e. The molecule has 6 heteroatoms. The van der Waals surface area contributed by atoms with E-state index >= 15 is 13.7 Å². The van der Waals surface area contributed by atoms with Crippen molar-refractivity contribution in [2.75, 3.05) is 0 Å². The maximum atomic E-state index is 16.4. The monoisotopic (exact) mass is 870 g/mol. The summed E-state index contributed by atoms with van der Waals surface area (Å²) in [6, 6.07) is 28.4. The lowest BCUT2D eigenvalue weighted by atomic mass is 10.1. The smallest absolute Gasteiger partial charge is 0.171 e. The van der Waals surface area contributed by atoms with E-state index < -0.39 is 21.4 Å². The third kappa shape index (κ3) is 8.94. The summed E-state index contributed by atoms with van der Waals surface area (Å²) >= 11 is 0. The van der Waals surface area contributed by atoms with Gasteiger partial charge in [-0.1, -0.05) is 189 Å². The van der Waals surface area contributed by atoms with Gasteiger partial charge in [-0.3, -0.25) is 0 Å². The van der Waals surface area contributed by atoms with Crippen molar-refractivity contribution in [2.45, 2.75) is 54.9 Å². The van der Waals surface area contributed by atoms with Gasteiger partial charge in [0.1, 0.15) is 0 Å². The van der Waals surface area contributed by atoms with Gasteiger partial charge in [-0.25, -0.2) is 0 Å². The van der Waals surface area contributed by atoms with Gasteiger partial charge in [-0.05, 0) is 88.5 Å². The molecule has 0 bridgehead atoms. The molecule has 0 N–H and O–H groups in total. The normalized spacial score (nSPS) is 17.0. The zero-order valence-corrected chi connectivity index (χ0v) is 39.7. The Balaban J connectivity index is 1.81. The highest BCUT2D eigenvalue weighted by Gasteiger charge is 2.37. The van der Waals surface area contributed by atoms with Crippen LogP contribution in [0.1, 0.15) is 63.3 Å². The minimum atomic E-state index is -3.75. The first-order valence-electron chi connectivity index (χ1n) is 20.8. The van der Waals surface area contributed by atoms with Crippen LogP contribution in [0.4, 0.5) is 0 Å². The zero-order valence-electron chi connectivity index (χ0n) is 37.0. The first kappa shape index (κ1) is 47.3. The molecule has 4 aromatic carbocycles. The van der Waals surface area contributed by atoms with E-state index in [9.17, 15) is 0 Å². The van der Waals surface area contributed by atoms with E-state index in [1.54, 1.807) is 18.2 Å². The number of terminal acetylenes is 1. The first-order chi connectivity index (χ1) is 29.9. The molecule has 314 valence electrons. The van der Waals surface area contributed by atoms with Crippen LogP contribution in [-0.4, -0.2) is 0 Å². The molecule has 0 amide bonds. The Kier molecular flexibility index (Phi) is 15.9. The summed E-state index contributed by atoms with van der Waals surface area (Å²) in [6.45, 7) is 21.9. The average Bonchev–Trinajstić information content (AvgIpc) is 3.54. The molecular formula is C56H57O3P3. The molecule has 0 spiro atoms. The molecule has 5 rings (SSSR count). The summed E-state index contributed by atoms with van der Waals surface area (Å²) < 4.78 is 48.2. The predicted octanol–water partition coefficient (Wildman–Crippen LogP) is 14.1. The fraction of sp³-hybridized carbons (Fsp3) is 0.143. The molecule has 0 saturated heterocycles. The number of aryl methyl sites for hydroxylation is 2. The van der Waals surface area contributed by atoms with Crippen LogP contribution in [-0.2, 0) is 13.7 Å². The van der Waals surface area contributed by atoms with Gasteiger partial charge in [0.15, 0.2) is 21.4 Å². The molecule has 0 aromatic heterocycles. The van der Waals surface area contributed by atoms with Gasteiger partial charge in [0.2, 0.25) is 0 Å². The lowest BCUT2D eigenvalue weighted by Crippen LogP contribution is -2.23. The SMILES string of the molecule is C#CC1=C(/C(=C\C)P(=O)(c2ccccc2)c2ccc(P(=O)(/C(C=C)=C/C=C(\C)P(=O)(C(/C=C\C)=C/C)c3cccc(C)c3/C=C\C)c3cccc(C)c3C=C)cc2)C=CCC=C1. The van der Waals surface area contributed by atoms with Gasteiger partial charge in [0.25, 0.3) is 0 Å². The van der Waals surface area contributed by atoms with Crippen molar-refractivity contribution < 1.29 is 13.7 Å². The van der Waals surface area contributed by atoms with Crippen molar-refractivity contribution in [1.82, 2.24) is 0 Å². The lowest BCUT2D eigenvalue weighted by molar-refractivity contribution is 0.588. The molecule has 3 nitrogen and oxygen atoms in total. The molecule has 3 atom stereocenters. The minimum absolute atomic E-state index is 0.454. The summed E-state index contributed by atoms with van der Waals surface area (Å²) in [6.07, 6.45) is 33.3. The second kappa shape index (κ2) is 20.9. The molecule has 3 unspecified atom stereocenters. The summed E-state index contributed by atoms with van der Waals surface area (Å²) in [5.41, 5.74) is 5.00. The second-order valence-corrected chi connectivity index (χ2v) is 23.3. The number of benzene rings is 4. The predicted molar refractivity (Wildman–Crippen MR) is 274 cm³/mol. The van der Waals surface area contributed by atoms with E-state index in [0.29, 0.717) is 54.5 Å². The molecule has 62 heavy (non-hydrogen) atoms. The Morgan fingerprint density at radius 1 is 0.661 bits per heavy atom. The summed E-state index contributed by atoms with van der Waals surface area (Å²) in [5, 5.41) is 5.49. The van der Waals surface area contributed by atoms with Crippen molar-refractivity contribution in [3.05, 3.63) is 232 Å². The third-order valence-corrected chi connectivity index (χ3v) is 21.0. The van der Waals surface area contributed by atoms with Gasteiger partial charge in [-0.2, -0.15) is 0 Å². The molecular weight excluding hydrogens is 814 g/mol. The van der Waals surface area contributed by atoms with Gasteiger partial charge in [-0.15, -0.1) is 6.42 Å². The molecule has 0 aliphatic heterocycles. The largest absolute Gasteiger partial charge is 0.309 e. The van der Waals surface area contributed by atoms with Crippen LogP contribution in [0.5, 0.6) is 0 Å². The van der Waals surface area contributed by atoms with Crippen LogP contribution < -0.4 is 26.5 Å². The fourth-order valence-corrected chi connectivity index (χ4v) is 16.8. The molecule has 0 radical (unpaired) electrons. The van der Waals surface area contributed by atoms with Crippen molar-refractivity contribution in [3.8, 4) is 12.3 Å². The van der Waals surface area contributed by atoms with Crippen LogP contribution in [0.25, 0.3) is 12.2 Å². The van der Waals surface area contributed by atoms with Gasteiger partial charge in [0, 0.05) is 53.6 Å². The molecule has 0 heterocycles. The van der Waals surface area contributed by atoms with E-state index in [0.717, 1.165) is 33.1 Å².